The number of halogens is 1. The molecule has 1 aliphatic rings. The third-order valence-corrected chi connectivity index (χ3v) is 4.39. The van der Waals surface area contributed by atoms with Crippen LogP contribution in [-0.4, -0.2) is 13.2 Å². The van der Waals surface area contributed by atoms with Crippen LogP contribution < -0.4 is 10.1 Å². The summed E-state index contributed by atoms with van der Waals surface area (Å²) in [6.07, 6.45) is 2.72. The molecule has 1 aliphatic heterocycles. The van der Waals surface area contributed by atoms with Gasteiger partial charge in [-0.15, -0.1) is 0 Å². The Balaban J connectivity index is 1.85. The zero-order valence-corrected chi connectivity index (χ0v) is 13.0. The Morgan fingerprint density at radius 3 is 2.95 bits per heavy atom. The van der Waals surface area contributed by atoms with Gasteiger partial charge in [0.05, 0.1) is 23.4 Å². The lowest BCUT2D eigenvalue weighted by Gasteiger charge is -2.31. The number of nitrogens with one attached hydrogen (secondary N) is 1. The number of hydrogen-bond donors (Lipinski definition) is 1. The van der Waals surface area contributed by atoms with Crippen LogP contribution in [0.1, 0.15) is 24.3 Å². The predicted molar refractivity (Wildman–Crippen MR) is 82.0 cm³/mol. The summed E-state index contributed by atoms with van der Waals surface area (Å²) in [5.41, 5.74) is 1.27. The van der Waals surface area contributed by atoms with Crippen molar-refractivity contribution in [3.63, 3.8) is 0 Å². The first-order valence-corrected chi connectivity index (χ1v) is 7.76. The summed E-state index contributed by atoms with van der Waals surface area (Å²) in [5, 5.41) is 3.52. The molecule has 2 aromatic rings. The average Bonchev–Trinajstić information content (AvgIpc) is 2.90. The van der Waals surface area contributed by atoms with E-state index >= 15 is 0 Å². The van der Waals surface area contributed by atoms with Crippen molar-refractivity contribution in [1.29, 1.82) is 0 Å². The minimum Gasteiger partial charge on any atom is -0.493 e. The topological polar surface area (TPSA) is 34.4 Å². The molecule has 0 amide bonds. The van der Waals surface area contributed by atoms with Crippen LogP contribution >= 0.6 is 15.9 Å². The van der Waals surface area contributed by atoms with Crippen molar-refractivity contribution in [2.45, 2.75) is 19.4 Å². The van der Waals surface area contributed by atoms with Gasteiger partial charge in [-0.05, 0) is 46.6 Å². The van der Waals surface area contributed by atoms with Crippen molar-refractivity contribution in [1.82, 2.24) is 5.32 Å². The standard InChI is InChI=1S/C16H18BrNO2/c1-2-18-15(16-13(17)7-8-19-16)12-9-11-5-3-4-6-14(11)20-10-12/h3-8,12,15,18H,2,9-10H2,1H3. The molecule has 1 aromatic carbocycles. The van der Waals surface area contributed by atoms with E-state index < -0.39 is 0 Å². The summed E-state index contributed by atoms with van der Waals surface area (Å²) in [5.74, 6) is 2.34. The van der Waals surface area contributed by atoms with Crippen LogP contribution in [0.3, 0.4) is 0 Å². The van der Waals surface area contributed by atoms with Gasteiger partial charge in [-0.1, -0.05) is 25.1 Å². The number of para-hydroxylation sites is 1. The van der Waals surface area contributed by atoms with Crippen molar-refractivity contribution in [2.75, 3.05) is 13.2 Å². The lowest BCUT2D eigenvalue weighted by Crippen LogP contribution is -2.35. The smallest absolute Gasteiger partial charge is 0.135 e. The highest BCUT2D eigenvalue weighted by molar-refractivity contribution is 9.10. The fourth-order valence-electron chi connectivity index (χ4n) is 2.79. The van der Waals surface area contributed by atoms with Gasteiger partial charge >= 0.3 is 0 Å². The number of benzene rings is 1. The van der Waals surface area contributed by atoms with E-state index in [4.69, 9.17) is 9.15 Å². The van der Waals surface area contributed by atoms with Gasteiger partial charge in [0.15, 0.2) is 0 Å². The minimum atomic E-state index is 0.165. The molecule has 0 fully saturated rings. The largest absolute Gasteiger partial charge is 0.493 e. The van der Waals surface area contributed by atoms with Crippen LogP contribution in [0, 0.1) is 5.92 Å². The lowest BCUT2D eigenvalue weighted by atomic mass is 9.89. The van der Waals surface area contributed by atoms with Crippen molar-refractivity contribution < 1.29 is 9.15 Å². The van der Waals surface area contributed by atoms with Gasteiger partial charge in [-0.3, -0.25) is 0 Å². The zero-order chi connectivity index (χ0) is 13.9. The van der Waals surface area contributed by atoms with E-state index in [9.17, 15) is 0 Å². The van der Waals surface area contributed by atoms with Crippen molar-refractivity contribution in [3.05, 3.63) is 52.4 Å². The summed E-state index contributed by atoms with van der Waals surface area (Å²) in [4.78, 5) is 0. The molecule has 0 saturated carbocycles. The molecule has 0 spiro atoms. The van der Waals surface area contributed by atoms with E-state index in [1.165, 1.54) is 5.56 Å². The Morgan fingerprint density at radius 2 is 2.20 bits per heavy atom. The Hall–Kier alpha value is -1.26. The van der Waals surface area contributed by atoms with E-state index in [0.717, 1.165) is 28.9 Å². The molecule has 0 bridgehead atoms. The molecule has 2 heterocycles. The molecular formula is C16H18BrNO2. The minimum absolute atomic E-state index is 0.165. The molecular weight excluding hydrogens is 318 g/mol. The molecule has 1 N–H and O–H groups in total. The Bertz CT molecular complexity index is 581. The maximum Gasteiger partial charge on any atom is 0.135 e. The molecule has 0 saturated heterocycles. The molecule has 3 nitrogen and oxygen atoms in total. The molecule has 2 atom stereocenters. The number of furan rings is 1. The van der Waals surface area contributed by atoms with E-state index in [0.29, 0.717) is 12.5 Å². The third-order valence-electron chi connectivity index (χ3n) is 3.73. The second-order valence-electron chi connectivity index (χ2n) is 5.05. The van der Waals surface area contributed by atoms with Gasteiger partial charge in [0.1, 0.15) is 11.5 Å². The van der Waals surface area contributed by atoms with Crippen LogP contribution in [0.25, 0.3) is 0 Å². The SMILES string of the molecule is CCNC(c1occc1Br)C1COc2ccccc2C1. The number of ether oxygens (including phenoxy) is 1. The van der Waals surface area contributed by atoms with Gasteiger partial charge in [0, 0.05) is 5.92 Å². The molecule has 3 rings (SSSR count). The van der Waals surface area contributed by atoms with E-state index in [1.54, 1.807) is 6.26 Å². The highest BCUT2D eigenvalue weighted by Crippen LogP contribution is 2.36. The first-order chi connectivity index (χ1) is 9.79. The van der Waals surface area contributed by atoms with Crippen molar-refractivity contribution in [3.8, 4) is 5.75 Å². The third kappa shape index (κ3) is 2.63. The summed E-state index contributed by atoms with van der Waals surface area (Å²) in [6.45, 7) is 3.72. The second kappa shape index (κ2) is 6.02. The van der Waals surface area contributed by atoms with Gasteiger partial charge in [-0.2, -0.15) is 0 Å². The first-order valence-electron chi connectivity index (χ1n) is 6.96. The molecule has 0 radical (unpaired) electrons. The average molecular weight is 336 g/mol. The molecule has 4 heteroatoms. The Kier molecular flexibility index (Phi) is 4.13. The normalized spacial score (nSPS) is 19.2. The highest BCUT2D eigenvalue weighted by Gasteiger charge is 2.31. The summed E-state index contributed by atoms with van der Waals surface area (Å²) >= 11 is 3.56. The van der Waals surface area contributed by atoms with E-state index in [-0.39, 0.29) is 6.04 Å². The van der Waals surface area contributed by atoms with Crippen molar-refractivity contribution in [2.24, 2.45) is 5.92 Å². The fourth-order valence-corrected chi connectivity index (χ4v) is 3.23. The fraction of sp³-hybridized carbons (Fsp3) is 0.375. The van der Waals surface area contributed by atoms with Crippen LogP contribution in [0.15, 0.2) is 45.5 Å². The van der Waals surface area contributed by atoms with E-state index in [2.05, 4.69) is 40.3 Å². The Morgan fingerprint density at radius 1 is 1.35 bits per heavy atom. The number of rotatable bonds is 4. The van der Waals surface area contributed by atoms with Crippen LogP contribution in [-0.2, 0) is 6.42 Å². The first kappa shape index (κ1) is 13.7. The Labute approximate surface area is 127 Å². The van der Waals surface area contributed by atoms with Crippen molar-refractivity contribution >= 4 is 15.9 Å². The number of fused-ring (bicyclic) bond motifs is 1. The summed E-state index contributed by atoms with van der Waals surface area (Å²) in [7, 11) is 0. The maximum absolute atomic E-state index is 5.90. The molecule has 106 valence electrons. The van der Waals surface area contributed by atoms with Crippen LogP contribution in [0.5, 0.6) is 5.75 Å². The lowest BCUT2D eigenvalue weighted by molar-refractivity contribution is 0.173. The molecule has 20 heavy (non-hydrogen) atoms. The quantitative estimate of drug-likeness (QED) is 0.918. The highest BCUT2D eigenvalue weighted by atomic mass is 79.9. The van der Waals surface area contributed by atoms with Gasteiger partial charge in [0.25, 0.3) is 0 Å². The van der Waals surface area contributed by atoms with E-state index in [1.807, 2.05) is 18.2 Å². The number of hydrogen-bond acceptors (Lipinski definition) is 3. The van der Waals surface area contributed by atoms with Crippen LogP contribution in [0.2, 0.25) is 0 Å². The summed E-state index contributed by atoms with van der Waals surface area (Å²) in [6, 6.07) is 10.4. The molecule has 2 unspecified atom stereocenters. The monoisotopic (exact) mass is 335 g/mol. The predicted octanol–water partition coefficient (Wildman–Crippen LogP) is 3.94. The van der Waals surface area contributed by atoms with Gasteiger partial charge in [0.2, 0.25) is 0 Å². The molecule has 0 aliphatic carbocycles. The maximum atomic E-state index is 5.90. The second-order valence-corrected chi connectivity index (χ2v) is 5.91. The summed E-state index contributed by atoms with van der Waals surface area (Å²) < 4.78 is 12.6. The van der Waals surface area contributed by atoms with Gasteiger partial charge < -0.3 is 14.5 Å². The van der Waals surface area contributed by atoms with Crippen LogP contribution in [0.4, 0.5) is 0 Å². The molecule has 1 aromatic heterocycles. The zero-order valence-electron chi connectivity index (χ0n) is 11.4. The van der Waals surface area contributed by atoms with Gasteiger partial charge in [-0.25, -0.2) is 0 Å².